The number of nitrogens with one attached hydrogen (secondary N) is 1. The Morgan fingerprint density at radius 2 is 1.71 bits per heavy atom. The van der Waals surface area contributed by atoms with Gasteiger partial charge in [0.05, 0.1) is 23.3 Å². The van der Waals surface area contributed by atoms with Gasteiger partial charge < -0.3 is 4.74 Å². The quantitative estimate of drug-likeness (QED) is 0.837. The van der Waals surface area contributed by atoms with E-state index in [9.17, 15) is 13.2 Å². The zero-order valence-corrected chi connectivity index (χ0v) is 15.0. The van der Waals surface area contributed by atoms with Gasteiger partial charge in [0.25, 0.3) is 10.0 Å². The first-order valence-electron chi connectivity index (χ1n) is 7.56. The highest BCUT2D eigenvalue weighted by molar-refractivity contribution is 7.92. The van der Waals surface area contributed by atoms with E-state index < -0.39 is 16.0 Å². The van der Waals surface area contributed by atoms with Gasteiger partial charge in [0.1, 0.15) is 0 Å². The van der Waals surface area contributed by atoms with Crippen LogP contribution >= 0.6 is 0 Å². The third-order valence-corrected chi connectivity index (χ3v) is 5.14. The molecule has 0 saturated carbocycles. The van der Waals surface area contributed by atoms with Gasteiger partial charge in [-0.1, -0.05) is 32.0 Å². The summed E-state index contributed by atoms with van der Waals surface area (Å²) in [5, 5.41) is 0. The predicted molar refractivity (Wildman–Crippen MR) is 93.9 cm³/mol. The summed E-state index contributed by atoms with van der Waals surface area (Å²) in [5.41, 5.74) is 2.42. The van der Waals surface area contributed by atoms with E-state index in [4.69, 9.17) is 0 Å². The van der Waals surface area contributed by atoms with Crippen LogP contribution in [-0.4, -0.2) is 21.5 Å². The van der Waals surface area contributed by atoms with Gasteiger partial charge in [0.15, 0.2) is 0 Å². The minimum atomic E-state index is -3.73. The van der Waals surface area contributed by atoms with Crippen molar-refractivity contribution in [3.63, 3.8) is 0 Å². The first-order chi connectivity index (χ1) is 11.2. The highest BCUT2D eigenvalue weighted by atomic mass is 32.2. The highest BCUT2D eigenvalue weighted by Gasteiger charge is 2.17. The van der Waals surface area contributed by atoms with Crippen molar-refractivity contribution in [2.45, 2.75) is 31.6 Å². The molecule has 128 valence electrons. The molecule has 0 fully saturated rings. The van der Waals surface area contributed by atoms with E-state index in [-0.39, 0.29) is 10.5 Å². The molecule has 0 radical (unpaired) electrons. The smallest absolute Gasteiger partial charge is 0.337 e. The van der Waals surface area contributed by atoms with Crippen molar-refractivity contribution in [2.75, 3.05) is 11.8 Å². The largest absolute Gasteiger partial charge is 0.465 e. The van der Waals surface area contributed by atoms with Crippen molar-refractivity contribution >= 4 is 21.7 Å². The number of methoxy groups -OCH3 is 1. The number of ether oxygens (including phenoxy) is 1. The van der Waals surface area contributed by atoms with E-state index in [1.165, 1.54) is 13.2 Å². The standard InChI is InChI=1S/C18H21NO4S/c1-12(2)14-7-9-16(10-8-14)24(21,22)19-17-11-15(18(20)23-4)6-5-13(17)3/h5-12,19H,1-4H3. The second-order valence-electron chi connectivity index (χ2n) is 5.85. The van der Waals surface area contributed by atoms with Crippen LogP contribution in [0.3, 0.4) is 0 Å². The number of hydrogen-bond acceptors (Lipinski definition) is 4. The van der Waals surface area contributed by atoms with E-state index in [1.54, 1.807) is 43.3 Å². The molecular weight excluding hydrogens is 326 g/mol. The Morgan fingerprint density at radius 1 is 1.08 bits per heavy atom. The van der Waals surface area contributed by atoms with Gasteiger partial charge in [-0.2, -0.15) is 0 Å². The minimum Gasteiger partial charge on any atom is -0.465 e. The van der Waals surface area contributed by atoms with E-state index in [1.807, 2.05) is 13.8 Å². The molecule has 2 rings (SSSR count). The zero-order valence-electron chi connectivity index (χ0n) is 14.2. The molecule has 0 unspecified atom stereocenters. The molecule has 0 atom stereocenters. The van der Waals surface area contributed by atoms with E-state index in [0.29, 0.717) is 17.2 Å². The molecule has 0 aliphatic heterocycles. The summed E-state index contributed by atoms with van der Waals surface area (Å²) < 4.78 is 32.3. The van der Waals surface area contributed by atoms with Crippen molar-refractivity contribution in [1.82, 2.24) is 0 Å². The summed E-state index contributed by atoms with van der Waals surface area (Å²) in [4.78, 5) is 11.8. The number of anilines is 1. The Hall–Kier alpha value is -2.34. The molecule has 0 saturated heterocycles. The van der Waals surface area contributed by atoms with Gasteiger partial charge in [0.2, 0.25) is 0 Å². The SMILES string of the molecule is COC(=O)c1ccc(C)c(NS(=O)(=O)c2ccc(C(C)C)cc2)c1. The molecule has 2 aromatic carbocycles. The lowest BCUT2D eigenvalue weighted by Crippen LogP contribution is -2.14. The van der Waals surface area contributed by atoms with Crippen molar-refractivity contribution in [2.24, 2.45) is 0 Å². The molecular formula is C18H21NO4S. The third-order valence-electron chi connectivity index (χ3n) is 3.76. The van der Waals surface area contributed by atoms with Gasteiger partial charge in [-0.3, -0.25) is 4.72 Å². The number of carbonyl (C=O) groups excluding carboxylic acids is 1. The van der Waals surface area contributed by atoms with Crippen LogP contribution in [-0.2, 0) is 14.8 Å². The van der Waals surface area contributed by atoms with Crippen molar-refractivity contribution < 1.29 is 17.9 Å². The Balaban J connectivity index is 2.33. The number of aryl methyl sites for hydroxylation is 1. The second kappa shape index (κ2) is 7.05. The van der Waals surface area contributed by atoms with Gasteiger partial charge in [0, 0.05) is 0 Å². The molecule has 5 nitrogen and oxygen atoms in total. The van der Waals surface area contributed by atoms with Crippen LogP contribution in [0.2, 0.25) is 0 Å². The number of esters is 1. The summed E-state index contributed by atoms with van der Waals surface area (Å²) in [5.74, 6) is -0.189. The Labute approximate surface area is 142 Å². The fourth-order valence-corrected chi connectivity index (χ4v) is 3.33. The Kier molecular flexibility index (Phi) is 5.29. The lowest BCUT2D eigenvalue weighted by atomic mass is 10.0. The van der Waals surface area contributed by atoms with Gasteiger partial charge >= 0.3 is 5.97 Å². The molecule has 0 bridgehead atoms. The minimum absolute atomic E-state index is 0.176. The fourth-order valence-electron chi connectivity index (χ4n) is 2.21. The average molecular weight is 347 g/mol. The van der Waals surface area contributed by atoms with Crippen LogP contribution in [0.1, 0.15) is 41.3 Å². The molecule has 2 aromatic rings. The number of carbonyl (C=O) groups is 1. The van der Waals surface area contributed by atoms with Crippen molar-refractivity contribution in [1.29, 1.82) is 0 Å². The zero-order chi connectivity index (χ0) is 17.9. The molecule has 24 heavy (non-hydrogen) atoms. The number of benzene rings is 2. The molecule has 1 N–H and O–H groups in total. The molecule has 0 aromatic heterocycles. The maximum absolute atomic E-state index is 12.6. The molecule has 0 aliphatic carbocycles. The highest BCUT2D eigenvalue weighted by Crippen LogP contribution is 2.23. The first kappa shape index (κ1) is 18.0. The number of hydrogen-bond donors (Lipinski definition) is 1. The molecule has 0 aliphatic rings. The van der Waals surface area contributed by atoms with Crippen molar-refractivity contribution in [3.8, 4) is 0 Å². The average Bonchev–Trinajstić information content (AvgIpc) is 2.56. The predicted octanol–water partition coefficient (Wildman–Crippen LogP) is 3.71. The monoisotopic (exact) mass is 347 g/mol. The first-order valence-corrected chi connectivity index (χ1v) is 9.04. The summed E-state index contributed by atoms with van der Waals surface area (Å²) >= 11 is 0. The van der Waals surface area contributed by atoms with Crippen molar-refractivity contribution in [3.05, 3.63) is 59.2 Å². The summed E-state index contributed by atoms with van der Waals surface area (Å²) in [7, 11) is -2.45. The lowest BCUT2D eigenvalue weighted by molar-refractivity contribution is 0.0601. The maximum Gasteiger partial charge on any atom is 0.337 e. The van der Waals surface area contributed by atoms with Gasteiger partial charge in [-0.05, 0) is 48.2 Å². The topological polar surface area (TPSA) is 72.5 Å². The Bertz CT molecular complexity index is 840. The number of rotatable bonds is 5. The van der Waals surface area contributed by atoms with Crippen LogP contribution in [0, 0.1) is 6.92 Å². The van der Waals surface area contributed by atoms with Crippen LogP contribution in [0.4, 0.5) is 5.69 Å². The summed E-state index contributed by atoms with van der Waals surface area (Å²) in [6.45, 7) is 5.85. The van der Waals surface area contributed by atoms with Gasteiger partial charge in [-0.15, -0.1) is 0 Å². The molecule has 6 heteroatoms. The van der Waals surface area contributed by atoms with Crippen LogP contribution < -0.4 is 4.72 Å². The van der Waals surface area contributed by atoms with Crippen LogP contribution in [0.5, 0.6) is 0 Å². The van der Waals surface area contributed by atoms with Crippen LogP contribution in [0.25, 0.3) is 0 Å². The maximum atomic E-state index is 12.6. The van der Waals surface area contributed by atoms with Crippen LogP contribution in [0.15, 0.2) is 47.4 Å². The summed E-state index contributed by atoms with van der Waals surface area (Å²) in [6, 6.07) is 11.5. The molecule has 0 spiro atoms. The summed E-state index contributed by atoms with van der Waals surface area (Å²) in [6.07, 6.45) is 0. The van der Waals surface area contributed by atoms with E-state index >= 15 is 0 Å². The molecule has 0 amide bonds. The van der Waals surface area contributed by atoms with E-state index in [2.05, 4.69) is 9.46 Å². The third kappa shape index (κ3) is 3.94. The second-order valence-corrected chi connectivity index (χ2v) is 7.53. The normalized spacial score (nSPS) is 11.4. The van der Waals surface area contributed by atoms with Gasteiger partial charge in [-0.25, -0.2) is 13.2 Å². The number of sulfonamides is 1. The fraction of sp³-hybridized carbons (Fsp3) is 0.278. The lowest BCUT2D eigenvalue weighted by Gasteiger charge is -2.13. The Morgan fingerprint density at radius 3 is 2.25 bits per heavy atom. The molecule has 0 heterocycles. The van der Waals surface area contributed by atoms with E-state index in [0.717, 1.165) is 5.56 Å².